The van der Waals surface area contributed by atoms with E-state index < -0.39 is 0 Å². The van der Waals surface area contributed by atoms with E-state index in [4.69, 9.17) is 4.74 Å². The summed E-state index contributed by atoms with van der Waals surface area (Å²) in [5, 5.41) is 7.55. The lowest BCUT2D eigenvalue weighted by molar-refractivity contribution is 0.477. The summed E-state index contributed by atoms with van der Waals surface area (Å²) in [5.41, 5.74) is 2.42. The van der Waals surface area contributed by atoms with Crippen molar-refractivity contribution in [2.75, 3.05) is 6.54 Å². The summed E-state index contributed by atoms with van der Waals surface area (Å²) in [6, 6.07) is 6.29. The molecule has 4 nitrogen and oxygen atoms in total. The van der Waals surface area contributed by atoms with E-state index in [0.29, 0.717) is 5.92 Å². The van der Waals surface area contributed by atoms with Crippen LogP contribution in [0.15, 0.2) is 30.6 Å². The van der Waals surface area contributed by atoms with Crippen LogP contribution in [0.1, 0.15) is 25.0 Å². The molecule has 2 rings (SSSR count). The minimum Gasteiger partial charge on any atom is -0.454 e. The fraction of sp³-hybridized carbons (Fsp3) is 0.438. The summed E-state index contributed by atoms with van der Waals surface area (Å²) in [6.45, 7) is 8.42. The van der Waals surface area contributed by atoms with E-state index >= 15 is 0 Å². The monoisotopic (exact) mass is 273 g/mol. The Kier molecular flexibility index (Phi) is 4.79. The van der Waals surface area contributed by atoms with Crippen LogP contribution in [0.3, 0.4) is 0 Å². The smallest absolute Gasteiger partial charge is 0.165 e. The maximum atomic E-state index is 5.82. The highest BCUT2D eigenvalue weighted by atomic mass is 16.5. The van der Waals surface area contributed by atoms with E-state index in [1.54, 1.807) is 10.9 Å². The zero-order valence-electron chi connectivity index (χ0n) is 12.7. The molecule has 0 atom stereocenters. The van der Waals surface area contributed by atoms with Gasteiger partial charge in [-0.1, -0.05) is 26.0 Å². The molecular weight excluding hydrogens is 250 g/mol. The molecule has 0 spiro atoms. The van der Waals surface area contributed by atoms with Gasteiger partial charge >= 0.3 is 0 Å². The molecule has 0 radical (unpaired) electrons. The minimum absolute atomic E-state index is 0.671. The Morgan fingerprint density at radius 3 is 2.75 bits per heavy atom. The molecule has 1 aromatic carbocycles. The second kappa shape index (κ2) is 6.57. The van der Waals surface area contributed by atoms with Gasteiger partial charge in [0.1, 0.15) is 5.75 Å². The minimum atomic E-state index is 0.671. The van der Waals surface area contributed by atoms with Gasteiger partial charge in [-0.25, -0.2) is 0 Å². The van der Waals surface area contributed by atoms with Crippen molar-refractivity contribution >= 4 is 0 Å². The summed E-state index contributed by atoms with van der Waals surface area (Å²) in [5.74, 6) is 2.32. The molecule has 0 saturated carbocycles. The van der Waals surface area contributed by atoms with Gasteiger partial charge in [0, 0.05) is 13.6 Å². The standard InChI is InChI=1S/C16H23N3O/c1-12(2)8-17-9-14-5-6-16(13(3)7-14)20-15-10-18-19(4)11-15/h5-7,10-12,17H,8-9H2,1-4H3. The predicted octanol–water partition coefficient (Wildman–Crippen LogP) is 3.27. The average Bonchev–Trinajstić information content (AvgIpc) is 2.78. The largest absolute Gasteiger partial charge is 0.454 e. The molecule has 0 aliphatic rings. The molecule has 1 heterocycles. The summed E-state index contributed by atoms with van der Waals surface area (Å²) < 4.78 is 7.55. The van der Waals surface area contributed by atoms with Gasteiger partial charge < -0.3 is 10.1 Å². The maximum Gasteiger partial charge on any atom is 0.165 e. The van der Waals surface area contributed by atoms with Crippen LogP contribution >= 0.6 is 0 Å². The number of nitrogens with one attached hydrogen (secondary N) is 1. The van der Waals surface area contributed by atoms with Crippen molar-refractivity contribution in [1.82, 2.24) is 15.1 Å². The lowest BCUT2D eigenvalue weighted by Crippen LogP contribution is -2.18. The molecule has 1 N–H and O–H groups in total. The number of aryl methyl sites for hydroxylation is 2. The van der Waals surface area contributed by atoms with E-state index in [9.17, 15) is 0 Å². The van der Waals surface area contributed by atoms with Gasteiger partial charge in [-0.15, -0.1) is 0 Å². The van der Waals surface area contributed by atoms with Gasteiger partial charge in [-0.2, -0.15) is 5.10 Å². The van der Waals surface area contributed by atoms with Crippen LogP contribution in [-0.4, -0.2) is 16.3 Å². The maximum absolute atomic E-state index is 5.82. The normalized spacial score (nSPS) is 11.1. The Morgan fingerprint density at radius 2 is 2.15 bits per heavy atom. The van der Waals surface area contributed by atoms with Gasteiger partial charge in [-0.05, 0) is 36.6 Å². The van der Waals surface area contributed by atoms with E-state index in [-0.39, 0.29) is 0 Å². The first-order chi connectivity index (χ1) is 9.54. The summed E-state index contributed by atoms with van der Waals surface area (Å²) >= 11 is 0. The van der Waals surface area contributed by atoms with Gasteiger partial charge in [0.15, 0.2) is 5.75 Å². The molecule has 1 aromatic heterocycles. The third kappa shape index (κ3) is 4.10. The van der Waals surface area contributed by atoms with Gasteiger partial charge in [0.25, 0.3) is 0 Å². The number of hydrogen-bond acceptors (Lipinski definition) is 3. The summed E-state index contributed by atoms with van der Waals surface area (Å²) in [4.78, 5) is 0. The van der Waals surface area contributed by atoms with Crippen LogP contribution in [0, 0.1) is 12.8 Å². The van der Waals surface area contributed by atoms with Crippen LogP contribution in [0.4, 0.5) is 0 Å². The zero-order chi connectivity index (χ0) is 14.5. The molecule has 4 heteroatoms. The fourth-order valence-corrected chi connectivity index (χ4v) is 2.02. The van der Waals surface area contributed by atoms with Crippen LogP contribution in [-0.2, 0) is 13.6 Å². The number of ether oxygens (including phenoxy) is 1. The highest BCUT2D eigenvalue weighted by molar-refractivity contribution is 5.38. The van der Waals surface area contributed by atoms with Gasteiger partial charge in [0.05, 0.1) is 12.4 Å². The van der Waals surface area contributed by atoms with Crippen molar-refractivity contribution in [1.29, 1.82) is 0 Å². The number of nitrogens with zero attached hydrogens (tertiary/aromatic N) is 2. The van der Waals surface area contributed by atoms with Crippen LogP contribution in [0.25, 0.3) is 0 Å². The Hall–Kier alpha value is -1.81. The SMILES string of the molecule is Cc1cc(CNCC(C)C)ccc1Oc1cnn(C)c1. The molecule has 2 aromatic rings. The second-order valence-electron chi connectivity index (χ2n) is 5.58. The van der Waals surface area contributed by atoms with Crippen molar-refractivity contribution in [3.8, 4) is 11.5 Å². The average molecular weight is 273 g/mol. The van der Waals surface area contributed by atoms with E-state index in [1.165, 1.54) is 5.56 Å². The van der Waals surface area contributed by atoms with Crippen molar-refractivity contribution in [2.45, 2.75) is 27.3 Å². The molecule has 20 heavy (non-hydrogen) atoms. The number of benzene rings is 1. The molecule has 0 saturated heterocycles. The Bertz CT molecular complexity index is 561. The molecule has 0 aliphatic carbocycles. The van der Waals surface area contributed by atoms with Crippen molar-refractivity contribution in [3.05, 3.63) is 41.7 Å². The zero-order valence-corrected chi connectivity index (χ0v) is 12.7. The van der Waals surface area contributed by atoms with Crippen molar-refractivity contribution in [3.63, 3.8) is 0 Å². The predicted molar refractivity (Wildman–Crippen MR) is 81.0 cm³/mol. The van der Waals surface area contributed by atoms with E-state index in [0.717, 1.165) is 30.2 Å². The van der Waals surface area contributed by atoms with Crippen LogP contribution < -0.4 is 10.1 Å². The van der Waals surface area contributed by atoms with E-state index in [2.05, 4.69) is 43.3 Å². The molecule has 0 unspecified atom stereocenters. The van der Waals surface area contributed by atoms with Crippen molar-refractivity contribution < 1.29 is 4.74 Å². The highest BCUT2D eigenvalue weighted by Crippen LogP contribution is 2.25. The summed E-state index contributed by atoms with van der Waals surface area (Å²) in [7, 11) is 1.88. The van der Waals surface area contributed by atoms with Crippen molar-refractivity contribution in [2.24, 2.45) is 13.0 Å². The third-order valence-corrected chi connectivity index (χ3v) is 3.03. The van der Waals surface area contributed by atoms with Crippen LogP contribution in [0.2, 0.25) is 0 Å². The first-order valence-electron chi connectivity index (χ1n) is 7.01. The molecule has 0 amide bonds. The molecule has 0 fully saturated rings. The van der Waals surface area contributed by atoms with Crippen LogP contribution in [0.5, 0.6) is 11.5 Å². The van der Waals surface area contributed by atoms with Gasteiger partial charge in [0.2, 0.25) is 0 Å². The second-order valence-corrected chi connectivity index (χ2v) is 5.58. The topological polar surface area (TPSA) is 39.1 Å². The first-order valence-corrected chi connectivity index (χ1v) is 7.01. The van der Waals surface area contributed by atoms with Gasteiger partial charge in [-0.3, -0.25) is 4.68 Å². The lowest BCUT2D eigenvalue weighted by atomic mass is 10.1. The Morgan fingerprint density at radius 1 is 1.35 bits per heavy atom. The number of aromatic nitrogens is 2. The molecule has 108 valence electrons. The number of rotatable bonds is 6. The molecule has 0 aliphatic heterocycles. The Labute approximate surface area is 120 Å². The molecular formula is C16H23N3O. The first kappa shape index (κ1) is 14.6. The lowest BCUT2D eigenvalue weighted by Gasteiger charge is -2.11. The quantitative estimate of drug-likeness (QED) is 0.878. The summed E-state index contributed by atoms with van der Waals surface area (Å²) in [6.07, 6.45) is 3.58. The Balaban J connectivity index is 1.98. The fourth-order valence-electron chi connectivity index (χ4n) is 2.02. The number of hydrogen-bond donors (Lipinski definition) is 1. The third-order valence-electron chi connectivity index (χ3n) is 3.03. The highest BCUT2D eigenvalue weighted by Gasteiger charge is 2.04. The van der Waals surface area contributed by atoms with E-state index in [1.807, 2.05) is 19.3 Å². The molecule has 0 bridgehead atoms.